The van der Waals surface area contributed by atoms with Crippen LogP contribution in [0.1, 0.15) is 78.5 Å². The molecule has 5 aliphatic heterocycles. The monoisotopic (exact) mass is 624 g/mol. The second-order valence-corrected chi connectivity index (χ2v) is 12.5. The van der Waals surface area contributed by atoms with Crippen molar-refractivity contribution in [2.45, 2.75) is 76.2 Å². The average molecular weight is 625 g/mol. The number of imide groups is 1. The van der Waals surface area contributed by atoms with Crippen molar-refractivity contribution in [2.24, 2.45) is 17.1 Å². The fraction of sp³-hybridized carbons (Fsp3) is 0.710. The van der Waals surface area contributed by atoms with Gasteiger partial charge in [-0.3, -0.25) is 19.7 Å². The van der Waals surface area contributed by atoms with Crippen LogP contribution in [0.4, 0.5) is 5.69 Å². The number of likely N-dealkylation sites (tertiary alicyclic amines) is 1. The molecule has 0 aromatic heterocycles. The highest BCUT2D eigenvalue weighted by atomic mass is 32.1. The van der Waals surface area contributed by atoms with Crippen LogP contribution in [-0.2, 0) is 14.4 Å². The van der Waals surface area contributed by atoms with Crippen LogP contribution >= 0.6 is 12.9 Å². The number of thiol groups is 1. The first-order chi connectivity index (χ1) is 20.4. The summed E-state index contributed by atoms with van der Waals surface area (Å²) in [5, 5.41) is 9.06. The molecule has 11 nitrogen and oxygen atoms in total. The van der Waals surface area contributed by atoms with Gasteiger partial charge in [0, 0.05) is 53.1 Å². The highest BCUT2D eigenvalue weighted by molar-refractivity contribution is 7.74. The number of piperidine rings is 5. The van der Waals surface area contributed by atoms with Crippen LogP contribution in [0.3, 0.4) is 0 Å². The fourth-order valence-electron chi connectivity index (χ4n) is 7.06. The molecular weight excluding hydrogens is 568 g/mol. The predicted molar refractivity (Wildman–Crippen MR) is 176 cm³/mol. The Balaban J connectivity index is 0.000000740. The second kappa shape index (κ2) is 17.3. The van der Waals surface area contributed by atoms with E-state index >= 15 is 0 Å². The molecule has 1 aromatic carbocycles. The first-order valence-corrected chi connectivity index (χ1v) is 16.2. The highest BCUT2D eigenvalue weighted by Crippen LogP contribution is 2.43. The van der Waals surface area contributed by atoms with Gasteiger partial charge in [0.2, 0.25) is 17.7 Å². The average Bonchev–Trinajstić information content (AvgIpc) is 3.04. The lowest BCUT2D eigenvalue weighted by Crippen LogP contribution is -2.50. The number of rotatable bonds is 3. The van der Waals surface area contributed by atoms with Gasteiger partial charge in [-0.05, 0) is 120 Å². The van der Waals surface area contributed by atoms with E-state index in [9.17, 15) is 14.4 Å². The molecule has 6 rings (SSSR count). The van der Waals surface area contributed by atoms with E-state index in [1.807, 2.05) is 12.1 Å². The van der Waals surface area contributed by atoms with Crippen LogP contribution in [0.5, 0.6) is 0 Å². The summed E-state index contributed by atoms with van der Waals surface area (Å²) < 4.78 is 6.69. The van der Waals surface area contributed by atoms with E-state index < -0.39 is 0 Å². The molecule has 0 aliphatic carbocycles. The zero-order valence-electron chi connectivity index (χ0n) is 25.4. The number of carbonyl (C=O) groups is 3. The van der Waals surface area contributed by atoms with Gasteiger partial charge >= 0.3 is 0 Å². The summed E-state index contributed by atoms with van der Waals surface area (Å²) in [6, 6.07) is 8.78. The van der Waals surface area contributed by atoms with E-state index in [0.29, 0.717) is 30.2 Å². The quantitative estimate of drug-likeness (QED) is 0.169. The summed E-state index contributed by atoms with van der Waals surface area (Å²) in [4.78, 5) is 41.3. The van der Waals surface area contributed by atoms with Gasteiger partial charge in [0.15, 0.2) is 0 Å². The summed E-state index contributed by atoms with van der Waals surface area (Å²) in [5.41, 5.74) is 8.13. The van der Waals surface area contributed by atoms with Crippen molar-refractivity contribution in [1.29, 1.82) is 0 Å². The Hall–Kier alpha value is -2.22. The predicted octanol–water partition coefficient (Wildman–Crippen LogP) is 2.17. The van der Waals surface area contributed by atoms with Crippen LogP contribution in [-0.4, -0.2) is 91.1 Å². The van der Waals surface area contributed by atoms with Crippen molar-refractivity contribution < 1.29 is 27.3 Å². The number of benzene rings is 1. The minimum absolute atomic E-state index is 0. The molecule has 0 bridgehead atoms. The zero-order chi connectivity index (χ0) is 30.0. The number of amides is 3. The lowest BCUT2D eigenvalue weighted by Gasteiger charge is -2.48. The summed E-state index contributed by atoms with van der Waals surface area (Å²) in [5.74, 6) is 0.0254. The first kappa shape index (κ1) is 35.3. The smallest absolute Gasteiger partial charge is 0.234 e. The van der Waals surface area contributed by atoms with Crippen LogP contribution in [0.2, 0.25) is 0 Å². The minimum Gasteiger partial charge on any atom is -0.412 e. The van der Waals surface area contributed by atoms with Gasteiger partial charge in [-0.15, -0.1) is 0 Å². The van der Waals surface area contributed by atoms with Crippen LogP contribution in [0, 0.1) is 11.3 Å². The largest absolute Gasteiger partial charge is 0.412 e. The number of anilines is 1. The Morgan fingerprint density at radius 1 is 0.907 bits per heavy atom. The van der Waals surface area contributed by atoms with Gasteiger partial charge in [0.1, 0.15) is 0 Å². The standard InChI is InChI=1S/C26H36N4O3.C5H12N2.H2OS.H2O.2H2/c31-23-5-4-22(24(32)28-23)20-2-1-3-21(18-20)29-14-8-26(9-15-29)10-16-30(17-11-26)25(33)19-6-12-27-13-7-19;6-5-1-3-7-4-2-5;1-2;;;/h1-3,18-19,22,27H,4-17H2,(H,28,31,32);5,7H,1-4,6H2;1-2H;1H2;2*1H. The molecule has 5 heterocycles. The molecule has 1 unspecified atom stereocenters. The maximum atomic E-state index is 12.9. The van der Waals surface area contributed by atoms with E-state index in [1.165, 1.54) is 5.69 Å². The molecule has 1 atom stereocenters. The van der Waals surface area contributed by atoms with Gasteiger partial charge in [-0.1, -0.05) is 12.1 Å². The summed E-state index contributed by atoms with van der Waals surface area (Å²) in [6.45, 7) is 8.01. The van der Waals surface area contributed by atoms with Crippen LogP contribution in [0.25, 0.3) is 0 Å². The fourth-order valence-corrected chi connectivity index (χ4v) is 7.06. The molecule has 246 valence electrons. The first-order valence-electron chi connectivity index (χ1n) is 15.8. The molecule has 1 aromatic rings. The maximum Gasteiger partial charge on any atom is 0.234 e. The number of nitrogens with one attached hydrogen (secondary N) is 3. The summed E-state index contributed by atoms with van der Waals surface area (Å²) >= 11 is 2.53. The van der Waals surface area contributed by atoms with Crippen molar-refractivity contribution >= 4 is 36.3 Å². The van der Waals surface area contributed by atoms with Crippen molar-refractivity contribution in [3.05, 3.63) is 29.8 Å². The Kier molecular flexibility index (Phi) is 14.2. The third kappa shape index (κ3) is 9.63. The molecule has 5 saturated heterocycles. The Morgan fingerprint density at radius 2 is 1.49 bits per heavy atom. The summed E-state index contributed by atoms with van der Waals surface area (Å²) in [6.07, 6.45) is 9.81. The van der Waals surface area contributed by atoms with Crippen molar-refractivity contribution in [3.63, 3.8) is 0 Å². The lowest BCUT2D eigenvalue weighted by atomic mass is 9.71. The van der Waals surface area contributed by atoms with Gasteiger partial charge in [0.25, 0.3) is 0 Å². The SMILES string of the molecule is NC1CCNCC1.O.O=C1CCC(c2cccc(N3CCC4(CCN(C(=O)C5CCNCC5)CC4)CC3)c2)C(=O)N1.OS.[HH].[HH]. The van der Waals surface area contributed by atoms with Crippen molar-refractivity contribution in [1.82, 2.24) is 20.9 Å². The molecule has 5 fully saturated rings. The molecule has 12 heteroatoms. The van der Waals surface area contributed by atoms with Gasteiger partial charge < -0.3 is 36.2 Å². The number of carbonyl (C=O) groups excluding carboxylic acids is 3. The van der Waals surface area contributed by atoms with Gasteiger partial charge in [-0.25, -0.2) is 0 Å². The number of hydrogen-bond acceptors (Lipinski definition) is 9. The molecule has 1 spiro atoms. The normalized spacial score (nSPS) is 24.5. The van der Waals surface area contributed by atoms with Crippen LogP contribution in [0.15, 0.2) is 24.3 Å². The van der Waals surface area contributed by atoms with E-state index in [2.05, 4.69) is 50.8 Å². The topological polar surface area (TPSA) is 172 Å². The number of nitrogens with two attached hydrogens (primary N) is 1. The molecular formula is C31H56N6O5S. The second-order valence-electron chi connectivity index (χ2n) is 12.5. The third-order valence-electron chi connectivity index (χ3n) is 9.91. The van der Waals surface area contributed by atoms with Gasteiger partial charge in [0.05, 0.1) is 5.92 Å². The van der Waals surface area contributed by atoms with E-state index in [4.69, 9.17) is 10.3 Å². The highest BCUT2D eigenvalue weighted by Gasteiger charge is 2.40. The Bertz CT molecular complexity index is 1040. The van der Waals surface area contributed by atoms with Gasteiger partial charge in [-0.2, -0.15) is 0 Å². The van der Waals surface area contributed by atoms with E-state index in [-0.39, 0.29) is 32.0 Å². The third-order valence-corrected chi connectivity index (χ3v) is 9.91. The Morgan fingerprint density at radius 3 is 2.05 bits per heavy atom. The molecule has 5 aliphatic rings. The molecule has 3 amide bonds. The minimum atomic E-state index is -0.236. The molecule has 43 heavy (non-hydrogen) atoms. The molecule has 0 radical (unpaired) electrons. The zero-order valence-corrected chi connectivity index (χ0v) is 26.3. The number of hydrogen-bond donors (Lipinski definition) is 6. The number of nitrogens with zero attached hydrogens (tertiary/aromatic N) is 2. The summed E-state index contributed by atoms with van der Waals surface area (Å²) in [7, 11) is 0. The van der Waals surface area contributed by atoms with Crippen molar-refractivity contribution in [3.8, 4) is 0 Å². The molecule has 0 saturated carbocycles. The lowest BCUT2D eigenvalue weighted by molar-refractivity contribution is -0.139. The Labute approximate surface area is 264 Å². The van der Waals surface area contributed by atoms with Crippen molar-refractivity contribution in [2.75, 3.05) is 57.3 Å². The molecule has 8 N–H and O–H groups in total. The van der Waals surface area contributed by atoms with Crippen LogP contribution < -0.4 is 26.6 Å². The van der Waals surface area contributed by atoms with E-state index in [1.54, 1.807) is 0 Å². The maximum absolute atomic E-state index is 12.9. The van der Waals surface area contributed by atoms with E-state index in [0.717, 1.165) is 109 Å².